The Balaban J connectivity index is 2.58. The Bertz CT molecular complexity index is 622. The van der Waals surface area contributed by atoms with E-state index in [2.05, 4.69) is 10.2 Å². The molecule has 2 N–H and O–H groups in total. The number of carboxylic acids is 1. The molecule has 0 spiro atoms. The number of rotatable bonds is 4. The molecule has 0 aliphatic carbocycles. The highest BCUT2D eigenvalue weighted by molar-refractivity contribution is 5.77. The van der Waals surface area contributed by atoms with E-state index in [0.29, 0.717) is 28.3 Å². The predicted molar refractivity (Wildman–Crippen MR) is 66.6 cm³/mol. The molecule has 2 rings (SSSR count). The van der Waals surface area contributed by atoms with Crippen molar-refractivity contribution in [2.45, 2.75) is 13.3 Å². The molecule has 0 saturated heterocycles. The zero-order valence-corrected chi connectivity index (χ0v) is 10.5. The molecule has 0 radical (unpaired) electrons. The Labute approximate surface area is 109 Å². The van der Waals surface area contributed by atoms with Crippen LogP contribution in [0.5, 0.6) is 5.75 Å². The van der Waals surface area contributed by atoms with E-state index in [4.69, 9.17) is 9.84 Å². The summed E-state index contributed by atoms with van der Waals surface area (Å²) >= 11 is 0. The SMILES string of the molecule is COc1ccc(F)cc1-c1n[nH]c(C)c1CC(=O)O. The van der Waals surface area contributed by atoms with Crippen LogP contribution in [0.15, 0.2) is 18.2 Å². The van der Waals surface area contributed by atoms with Crippen molar-refractivity contribution in [3.8, 4) is 17.0 Å². The van der Waals surface area contributed by atoms with E-state index in [1.54, 1.807) is 6.92 Å². The molecule has 0 amide bonds. The van der Waals surface area contributed by atoms with Crippen molar-refractivity contribution in [3.05, 3.63) is 35.3 Å². The highest BCUT2D eigenvalue weighted by Gasteiger charge is 2.18. The Morgan fingerprint density at radius 2 is 2.26 bits per heavy atom. The van der Waals surface area contributed by atoms with Gasteiger partial charge in [0, 0.05) is 16.8 Å². The number of aliphatic carboxylic acids is 1. The van der Waals surface area contributed by atoms with Crippen LogP contribution in [0.2, 0.25) is 0 Å². The van der Waals surface area contributed by atoms with Gasteiger partial charge in [0.05, 0.1) is 19.2 Å². The molecule has 100 valence electrons. The summed E-state index contributed by atoms with van der Waals surface area (Å²) in [6, 6.07) is 4.04. The summed E-state index contributed by atoms with van der Waals surface area (Å²) in [5.74, 6) is -0.960. The third kappa shape index (κ3) is 2.57. The largest absolute Gasteiger partial charge is 0.496 e. The lowest BCUT2D eigenvalue weighted by atomic mass is 10.0. The second-order valence-electron chi connectivity index (χ2n) is 4.09. The summed E-state index contributed by atoms with van der Waals surface area (Å²) in [5, 5.41) is 15.7. The van der Waals surface area contributed by atoms with Crippen LogP contribution in [-0.4, -0.2) is 28.4 Å². The van der Waals surface area contributed by atoms with Crippen LogP contribution in [0.25, 0.3) is 11.3 Å². The van der Waals surface area contributed by atoms with Gasteiger partial charge in [-0.05, 0) is 25.1 Å². The minimum absolute atomic E-state index is 0.183. The molecule has 0 bridgehead atoms. The number of nitrogens with zero attached hydrogens (tertiary/aromatic N) is 1. The minimum Gasteiger partial charge on any atom is -0.496 e. The number of halogens is 1. The van der Waals surface area contributed by atoms with Crippen LogP contribution in [0, 0.1) is 12.7 Å². The lowest BCUT2D eigenvalue weighted by Crippen LogP contribution is -2.02. The van der Waals surface area contributed by atoms with Crippen molar-refractivity contribution in [1.82, 2.24) is 10.2 Å². The van der Waals surface area contributed by atoms with Crippen LogP contribution in [-0.2, 0) is 11.2 Å². The summed E-state index contributed by atoms with van der Waals surface area (Å²) in [7, 11) is 1.47. The standard InChI is InChI=1S/C13H13FN2O3/c1-7-9(6-12(17)18)13(16-15-7)10-5-8(14)3-4-11(10)19-2/h3-5H,6H2,1-2H3,(H,15,16)(H,17,18). The number of aryl methyl sites for hydroxylation is 1. The summed E-state index contributed by atoms with van der Waals surface area (Å²) in [6.07, 6.45) is -0.183. The molecule has 0 saturated carbocycles. The number of hydrogen-bond donors (Lipinski definition) is 2. The van der Waals surface area contributed by atoms with Crippen LogP contribution >= 0.6 is 0 Å². The fourth-order valence-corrected chi connectivity index (χ4v) is 1.91. The van der Waals surface area contributed by atoms with Crippen molar-refractivity contribution in [2.75, 3.05) is 7.11 Å². The molecule has 0 aliphatic rings. The molecule has 2 aromatic rings. The first-order chi connectivity index (χ1) is 9.02. The van der Waals surface area contributed by atoms with Crippen LogP contribution in [0.3, 0.4) is 0 Å². The number of benzene rings is 1. The fourth-order valence-electron chi connectivity index (χ4n) is 1.91. The maximum absolute atomic E-state index is 13.4. The molecule has 1 heterocycles. The summed E-state index contributed by atoms with van der Waals surface area (Å²) in [5.41, 5.74) is 2.00. The third-order valence-corrected chi connectivity index (χ3v) is 2.82. The van der Waals surface area contributed by atoms with Gasteiger partial charge < -0.3 is 9.84 Å². The Hall–Kier alpha value is -2.37. The Morgan fingerprint density at radius 3 is 2.89 bits per heavy atom. The number of carboxylic acid groups (broad SMARTS) is 1. The van der Waals surface area contributed by atoms with Crippen molar-refractivity contribution >= 4 is 5.97 Å². The molecule has 0 atom stereocenters. The summed E-state index contributed by atoms with van der Waals surface area (Å²) in [4.78, 5) is 10.9. The molecule has 1 aromatic carbocycles. The van der Waals surface area contributed by atoms with Gasteiger partial charge in [0.25, 0.3) is 0 Å². The van der Waals surface area contributed by atoms with Crippen molar-refractivity contribution in [3.63, 3.8) is 0 Å². The normalized spacial score (nSPS) is 10.5. The van der Waals surface area contributed by atoms with E-state index < -0.39 is 11.8 Å². The highest BCUT2D eigenvalue weighted by atomic mass is 19.1. The van der Waals surface area contributed by atoms with E-state index in [1.807, 2.05) is 0 Å². The fraction of sp³-hybridized carbons (Fsp3) is 0.231. The Morgan fingerprint density at radius 1 is 1.53 bits per heavy atom. The molecule has 0 fully saturated rings. The van der Waals surface area contributed by atoms with E-state index in [0.717, 1.165) is 0 Å². The van der Waals surface area contributed by atoms with Crippen molar-refractivity contribution in [2.24, 2.45) is 0 Å². The number of H-pyrrole nitrogens is 1. The third-order valence-electron chi connectivity index (χ3n) is 2.82. The molecule has 0 unspecified atom stereocenters. The Kier molecular flexibility index (Phi) is 3.50. The van der Waals surface area contributed by atoms with Gasteiger partial charge in [0.2, 0.25) is 0 Å². The van der Waals surface area contributed by atoms with Gasteiger partial charge in [-0.25, -0.2) is 4.39 Å². The van der Waals surface area contributed by atoms with E-state index in [-0.39, 0.29) is 6.42 Å². The second-order valence-corrected chi connectivity index (χ2v) is 4.09. The van der Waals surface area contributed by atoms with E-state index in [9.17, 15) is 9.18 Å². The summed E-state index contributed by atoms with van der Waals surface area (Å²) in [6.45, 7) is 1.72. The van der Waals surface area contributed by atoms with Gasteiger partial charge in [-0.2, -0.15) is 5.10 Å². The molecular formula is C13H13FN2O3. The zero-order valence-electron chi connectivity index (χ0n) is 10.5. The smallest absolute Gasteiger partial charge is 0.307 e. The number of aromatic nitrogens is 2. The topological polar surface area (TPSA) is 75.2 Å². The molecule has 0 aliphatic heterocycles. The maximum Gasteiger partial charge on any atom is 0.307 e. The average molecular weight is 264 g/mol. The number of nitrogens with one attached hydrogen (secondary N) is 1. The van der Waals surface area contributed by atoms with E-state index >= 15 is 0 Å². The number of ether oxygens (including phenoxy) is 1. The van der Waals surface area contributed by atoms with Gasteiger partial charge >= 0.3 is 5.97 Å². The first-order valence-corrected chi connectivity index (χ1v) is 5.62. The maximum atomic E-state index is 13.4. The molecule has 19 heavy (non-hydrogen) atoms. The predicted octanol–water partition coefficient (Wildman–Crippen LogP) is 2.16. The van der Waals surface area contributed by atoms with Crippen LogP contribution in [0.1, 0.15) is 11.3 Å². The molecule has 5 nitrogen and oxygen atoms in total. The monoisotopic (exact) mass is 264 g/mol. The minimum atomic E-state index is -0.971. The van der Waals surface area contributed by atoms with Gasteiger partial charge in [0.1, 0.15) is 11.6 Å². The molecule has 1 aromatic heterocycles. The van der Waals surface area contributed by atoms with Gasteiger partial charge in [-0.1, -0.05) is 0 Å². The zero-order chi connectivity index (χ0) is 14.0. The summed E-state index contributed by atoms with van der Waals surface area (Å²) < 4.78 is 18.5. The average Bonchev–Trinajstić information content (AvgIpc) is 2.70. The van der Waals surface area contributed by atoms with Crippen molar-refractivity contribution < 1.29 is 19.0 Å². The van der Waals surface area contributed by atoms with E-state index in [1.165, 1.54) is 25.3 Å². The van der Waals surface area contributed by atoms with Gasteiger partial charge in [-0.15, -0.1) is 0 Å². The van der Waals surface area contributed by atoms with Gasteiger partial charge in [-0.3, -0.25) is 9.89 Å². The first kappa shape index (κ1) is 13.1. The first-order valence-electron chi connectivity index (χ1n) is 5.62. The number of hydrogen-bond acceptors (Lipinski definition) is 3. The van der Waals surface area contributed by atoms with Gasteiger partial charge in [0.15, 0.2) is 0 Å². The highest BCUT2D eigenvalue weighted by Crippen LogP contribution is 2.32. The van der Waals surface area contributed by atoms with Crippen molar-refractivity contribution in [1.29, 1.82) is 0 Å². The number of carbonyl (C=O) groups is 1. The van der Waals surface area contributed by atoms with Crippen LogP contribution in [0.4, 0.5) is 4.39 Å². The lowest BCUT2D eigenvalue weighted by Gasteiger charge is -2.08. The van der Waals surface area contributed by atoms with Crippen LogP contribution < -0.4 is 4.74 Å². The lowest BCUT2D eigenvalue weighted by molar-refractivity contribution is -0.136. The number of aromatic amines is 1. The number of methoxy groups -OCH3 is 1. The quantitative estimate of drug-likeness (QED) is 0.887. The molecule has 6 heteroatoms. The molecular weight excluding hydrogens is 251 g/mol. The second kappa shape index (κ2) is 5.09.